The van der Waals surface area contributed by atoms with Crippen LogP contribution in [-0.2, 0) is 9.53 Å². The maximum atomic E-state index is 11.7. The Balaban J connectivity index is 2.10. The van der Waals surface area contributed by atoms with Gasteiger partial charge < -0.3 is 10.1 Å². The van der Waals surface area contributed by atoms with E-state index in [1.165, 1.54) is 18.4 Å². The second-order valence-corrected chi connectivity index (χ2v) is 5.19. The number of ether oxygens (including phenoxy) is 1. The number of rotatable bonds is 4. The quantitative estimate of drug-likeness (QED) is 0.839. The molecule has 0 unspecified atom stereocenters. The first-order chi connectivity index (χ1) is 8.11. The molecule has 1 heterocycles. The Bertz CT molecular complexity index is 449. The maximum absolute atomic E-state index is 11.7. The summed E-state index contributed by atoms with van der Waals surface area (Å²) in [6.45, 7) is 1.87. The largest absolute Gasteiger partial charge is 0.465 e. The van der Waals surface area contributed by atoms with E-state index in [-0.39, 0.29) is 5.91 Å². The molecule has 0 aromatic carbocycles. The molecule has 0 atom stereocenters. The highest BCUT2D eigenvalue weighted by atomic mass is 32.1. The highest BCUT2D eigenvalue weighted by molar-refractivity contribution is 7.12. The fourth-order valence-electron chi connectivity index (χ4n) is 1.62. The van der Waals surface area contributed by atoms with Crippen molar-refractivity contribution in [1.29, 1.82) is 0 Å². The molecule has 0 bridgehead atoms. The third-order valence-electron chi connectivity index (χ3n) is 2.78. The van der Waals surface area contributed by atoms with Crippen molar-refractivity contribution in [3.8, 4) is 0 Å². The number of aryl methyl sites for hydroxylation is 1. The fraction of sp³-hybridized carbons (Fsp3) is 0.500. The Kier molecular flexibility index (Phi) is 3.47. The second-order valence-electron chi connectivity index (χ2n) is 4.31. The molecule has 4 nitrogen and oxygen atoms in total. The fourth-order valence-corrected chi connectivity index (χ4v) is 2.54. The van der Waals surface area contributed by atoms with Crippen LogP contribution in [0.4, 0.5) is 5.69 Å². The van der Waals surface area contributed by atoms with E-state index in [0.29, 0.717) is 22.9 Å². The Hall–Kier alpha value is -1.36. The van der Waals surface area contributed by atoms with Crippen LogP contribution in [0, 0.1) is 12.8 Å². The Labute approximate surface area is 104 Å². The van der Waals surface area contributed by atoms with Crippen LogP contribution in [0.3, 0.4) is 0 Å². The number of thiophene rings is 1. The highest BCUT2D eigenvalue weighted by Gasteiger charge is 2.26. The molecule has 1 aromatic heterocycles. The van der Waals surface area contributed by atoms with Crippen LogP contribution in [0.15, 0.2) is 5.38 Å². The molecule has 0 aliphatic heterocycles. The number of hydrogen-bond acceptors (Lipinski definition) is 4. The molecule has 1 aliphatic carbocycles. The van der Waals surface area contributed by atoms with E-state index in [4.69, 9.17) is 0 Å². The number of hydrogen-bond donors (Lipinski definition) is 1. The molecule has 1 amide bonds. The molecule has 0 saturated heterocycles. The normalized spacial score (nSPS) is 14.5. The molecular weight excluding hydrogens is 238 g/mol. The van der Waals surface area contributed by atoms with E-state index < -0.39 is 5.97 Å². The van der Waals surface area contributed by atoms with Crippen molar-refractivity contribution in [3.05, 3.63) is 15.8 Å². The second kappa shape index (κ2) is 4.87. The first kappa shape index (κ1) is 12.1. The van der Waals surface area contributed by atoms with E-state index in [1.54, 1.807) is 0 Å². The average Bonchev–Trinajstić information content (AvgIpc) is 3.03. The smallest absolute Gasteiger partial charge is 0.350 e. The van der Waals surface area contributed by atoms with Crippen LogP contribution in [0.1, 0.15) is 34.5 Å². The molecule has 5 heteroatoms. The summed E-state index contributed by atoms with van der Waals surface area (Å²) >= 11 is 1.30. The summed E-state index contributed by atoms with van der Waals surface area (Å²) in [5, 5.41) is 4.66. The van der Waals surface area contributed by atoms with E-state index in [0.717, 1.165) is 18.4 Å². The molecular formula is C12H15NO3S. The van der Waals surface area contributed by atoms with Crippen molar-refractivity contribution in [3.63, 3.8) is 0 Å². The van der Waals surface area contributed by atoms with Crippen LogP contribution >= 0.6 is 11.3 Å². The Morgan fingerprint density at radius 2 is 2.24 bits per heavy atom. The summed E-state index contributed by atoms with van der Waals surface area (Å²) in [6, 6.07) is 0. The summed E-state index contributed by atoms with van der Waals surface area (Å²) in [5.41, 5.74) is 1.51. The minimum atomic E-state index is -0.398. The lowest BCUT2D eigenvalue weighted by Crippen LogP contribution is -2.14. The van der Waals surface area contributed by atoms with Gasteiger partial charge in [-0.2, -0.15) is 0 Å². The third-order valence-corrected chi connectivity index (χ3v) is 3.86. The lowest BCUT2D eigenvalue weighted by atomic mass is 10.2. The lowest BCUT2D eigenvalue weighted by Gasteiger charge is -2.06. The molecule has 2 rings (SSSR count). The van der Waals surface area contributed by atoms with Gasteiger partial charge in [-0.05, 0) is 36.6 Å². The highest BCUT2D eigenvalue weighted by Crippen LogP contribution is 2.34. The molecule has 17 heavy (non-hydrogen) atoms. The molecule has 1 saturated carbocycles. The predicted molar refractivity (Wildman–Crippen MR) is 66.4 cm³/mol. The molecule has 0 spiro atoms. The van der Waals surface area contributed by atoms with Crippen molar-refractivity contribution in [1.82, 2.24) is 0 Å². The minimum absolute atomic E-state index is 0.0147. The van der Waals surface area contributed by atoms with Crippen LogP contribution in [0.2, 0.25) is 0 Å². The standard InChI is InChI=1S/C12H15NO3S/c1-7-6-17-11(12(15)16-2)10(7)13-9(14)5-8-3-4-8/h6,8H,3-5H2,1-2H3,(H,13,14). The number of methoxy groups -OCH3 is 1. The van der Waals surface area contributed by atoms with Gasteiger partial charge in [0.2, 0.25) is 5.91 Å². The van der Waals surface area contributed by atoms with Gasteiger partial charge in [0.1, 0.15) is 4.88 Å². The monoisotopic (exact) mass is 253 g/mol. The van der Waals surface area contributed by atoms with Crippen LogP contribution in [0.25, 0.3) is 0 Å². The predicted octanol–water partition coefficient (Wildman–Crippen LogP) is 2.58. The van der Waals surface area contributed by atoms with Gasteiger partial charge in [0, 0.05) is 6.42 Å². The number of carbonyl (C=O) groups excluding carboxylic acids is 2. The topological polar surface area (TPSA) is 55.4 Å². The zero-order valence-corrected chi connectivity index (χ0v) is 10.7. The number of amides is 1. The van der Waals surface area contributed by atoms with Gasteiger partial charge in [0.05, 0.1) is 12.8 Å². The Morgan fingerprint density at radius 3 is 2.82 bits per heavy atom. The van der Waals surface area contributed by atoms with E-state index >= 15 is 0 Å². The van der Waals surface area contributed by atoms with Gasteiger partial charge in [0.15, 0.2) is 0 Å². The van der Waals surface area contributed by atoms with Crippen molar-refractivity contribution < 1.29 is 14.3 Å². The number of carbonyl (C=O) groups is 2. The SMILES string of the molecule is COC(=O)c1scc(C)c1NC(=O)CC1CC1. The van der Waals surface area contributed by atoms with Crippen molar-refractivity contribution in [2.24, 2.45) is 5.92 Å². The first-order valence-electron chi connectivity index (χ1n) is 5.58. The molecule has 1 N–H and O–H groups in total. The zero-order valence-electron chi connectivity index (χ0n) is 9.91. The van der Waals surface area contributed by atoms with Crippen LogP contribution in [0.5, 0.6) is 0 Å². The maximum Gasteiger partial charge on any atom is 0.350 e. The van der Waals surface area contributed by atoms with Gasteiger partial charge >= 0.3 is 5.97 Å². The third kappa shape index (κ3) is 2.85. The van der Waals surface area contributed by atoms with Gasteiger partial charge in [0.25, 0.3) is 0 Å². The summed E-state index contributed by atoms with van der Waals surface area (Å²) in [4.78, 5) is 23.7. The van der Waals surface area contributed by atoms with Crippen molar-refractivity contribution in [2.75, 3.05) is 12.4 Å². The summed E-state index contributed by atoms with van der Waals surface area (Å²) in [6.07, 6.45) is 2.83. The molecule has 0 radical (unpaired) electrons. The van der Waals surface area contributed by atoms with Crippen molar-refractivity contribution >= 4 is 28.9 Å². The minimum Gasteiger partial charge on any atom is -0.465 e. The molecule has 1 aliphatic rings. The first-order valence-corrected chi connectivity index (χ1v) is 6.46. The van der Waals surface area contributed by atoms with Crippen LogP contribution < -0.4 is 5.32 Å². The summed E-state index contributed by atoms with van der Waals surface area (Å²) < 4.78 is 4.69. The number of anilines is 1. The summed E-state index contributed by atoms with van der Waals surface area (Å²) in [5.74, 6) is 0.125. The van der Waals surface area contributed by atoms with Crippen molar-refractivity contribution in [2.45, 2.75) is 26.2 Å². The van der Waals surface area contributed by atoms with Gasteiger partial charge in [-0.1, -0.05) is 0 Å². The summed E-state index contributed by atoms with van der Waals surface area (Å²) in [7, 11) is 1.34. The zero-order chi connectivity index (χ0) is 12.4. The molecule has 1 aromatic rings. The molecule has 1 fully saturated rings. The van der Waals surface area contributed by atoms with Gasteiger partial charge in [-0.3, -0.25) is 4.79 Å². The lowest BCUT2D eigenvalue weighted by molar-refractivity contribution is -0.116. The van der Waals surface area contributed by atoms with Gasteiger partial charge in [-0.25, -0.2) is 4.79 Å². The Morgan fingerprint density at radius 1 is 1.53 bits per heavy atom. The van der Waals surface area contributed by atoms with E-state index in [2.05, 4.69) is 10.1 Å². The average molecular weight is 253 g/mol. The van der Waals surface area contributed by atoms with E-state index in [1.807, 2.05) is 12.3 Å². The van der Waals surface area contributed by atoms with Gasteiger partial charge in [-0.15, -0.1) is 11.3 Å². The number of esters is 1. The number of nitrogens with one attached hydrogen (secondary N) is 1. The molecule has 92 valence electrons. The van der Waals surface area contributed by atoms with Crippen LogP contribution in [-0.4, -0.2) is 19.0 Å². The van der Waals surface area contributed by atoms with E-state index in [9.17, 15) is 9.59 Å².